The number of hydrogen-bond acceptors (Lipinski definition) is 11. The van der Waals surface area contributed by atoms with Gasteiger partial charge in [-0.2, -0.15) is 5.10 Å². The number of nitrogens with one attached hydrogen (secondary N) is 1. The van der Waals surface area contributed by atoms with Gasteiger partial charge in [0, 0.05) is 25.6 Å². The van der Waals surface area contributed by atoms with Crippen molar-refractivity contribution in [3.8, 4) is 11.6 Å². The van der Waals surface area contributed by atoms with Crippen LogP contribution in [0.2, 0.25) is 0 Å². The van der Waals surface area contributed by atoms with Crippen LogP contribution < -0.4 is 10.1 Å². The number of carboxylic acids is 1. The molecule has 1 aromatic carbocycles. The molecule has 0 saturated carbocycles. The van der Waals surface area contributed by atoms with Crippen molar-refractivity contribution in [2.75, 3.05) is 46.0 Å². The molecule has 0 radical (unpaired) electrons. The molecule has 1 fully saturated rings. The van der Waals surface area contributed by atoms with Crippen molar-refractivity contribution in [2.24, 2.45) is 0 Å². The predicted molar refractivity (Wildman–Crippen MR) is 150 cm³/mol. The maximum Gasteiger partial charge on any atom is 0.527 e. The molecule has 0 aliphatic carbocycles. The largest absolute Gasteiger partial charge is 0.527 e. The molecule has 1 aromatic heterocycles. The number of hydrogen-bond donors (Lipinski definition) is 2. The number of benzene rings is 1. The maximum atomic E-state index is 13.4. The molecule has 1 aliphatic rings. The molecule has 2 aromatic rings. The van der Waals surface area contributed by atoms with Gasteiger partial charge in [0.1, 0.15) is 6.04 Å². The minimum Gasteiger partial charge on any atom is -0.481 e. The van der Waals surface area contributed by atoms with E-state index in [0.717, 1.165) is 11.1 Å². The summed E-state index contributed by atoms with van der Waals surface area (Å²) in [6.07, 6.45) is -1.38. The number of ether oxygens (including phenoxy) is 3. The number of carbonyl (C=O) groups excluding carboxylic acids is 4. The van der Waals surface area contributed by atoms with Gasteiger partial charge < -0.3 is 34.4 Å². The zero-order chi connectivity index (χ0) is 31.5. The number of aryl methyl sites for hydroxylation is 2. The highest BCUT2D eigenvalue weighted by molar-refractivity contribution is 5.96. The smallest absolute Gasteiger partial charge is 0.481 e. The van der Waals surface area contributed by atoms with E-state index in [1.807, 2.05) is 32.0 Å². The molecule has 0 bridgehead atoms. The summed E-state index contributed by atoms with van der Waals surface area (Å²) < 4.78 is 16.7. The molecule has 0 spiro atoms. The molecule has 43 heavy (non-hydrogen) atoms. The summed E-state index contributed by atoms with van der Waals surface area (Å²) in [6, 6.07) is 5.76. The summed E-state index contributed by atoms with van der Waals surface area (Å²) in [7, 11) is 0. The molecule has 2 amide bonds. The molecule has 234 valence electrons. The molecule has 3 rings (SSSR count). The Morgan fingerprint density at radius 3 is 2.21 bits per heavy atom. The van der Waals surface area contributed by atoms with Crippen molar-refractivity contribution in [1.82, 2.24) is 25.1 Å². The van der Waals surface area contributed by atoms with E-state index in [9.17, 15) is 29.1 Å². The Labute approximate surface area is 248 Å². The SMILES string of the molecule is CCOC(=O)COc1cc(C(=O)N[C@@H](CCC(=O)O)C(=O)N2CCN(OC(=O)OCC)CC2)nn1-c1cc(C)cc(C)c1. The Kier molecular flexibility index (Phi) is 11.9. The second kappa shape index (κ2) is 15.5. The summed E-state index contributed by atoms with van der Waals surface area (Å²) in [5.74, 6) is -2.87. The van der Waals surface area contributed by atoms with Crippen molar-refractivity contribution >= 4 is 29.9 Å². The molecule has 1 saturated heterocycles. The first-order valence-corrected chi connectivity index (χ1v) is 13.9. The Morgan fingerprint density at radius 1 is 0.953 bits per heavy atom. The van der Waals surface area contributed by atoms with Crippen molar-refractivity contribution in [3.05, 3.63) is 41.1 Å². The van der Waals surface area contributed by atoms with Gasteiger partial charge in [-0.1, -0.05) is 6.07 Å². The number of carbonyl (C=O) groups is 5. The lowest BCUT2D eigenvalue weighted by Crippen LogP contribution is -2.55. The van der Waals surface area contributed by atoms with Crippen LogP contribution in [0, 0.1) is 13.8 Å². The number of carboxylic acid groups (broad SMARTS) is 1. The zero-order valence-electron chi connectivity index (χ0n) is 24.7. The van der Waals surface area contributed by atoms with E-state index >= 15 is 0 Å². The Morgan fingerprint density at radius 2 is 1.60 bits per heavy atom. The van der Waals surface area contributed by atoms with Crippen LogP contribution in [-0.4, -0.2) is 107 Å². The van der Waals surface area contributed by atoms with Crippen LogP contribution in [0.15, 0.2) is 24.3 Å². The molecule has 15 heteroatoms. The van der Waals surface area contributed by atoms with Gasteiger partial charge in [0.25, 0.3) is 5.91 Å². The molecule has 2 N–H and O–H groups in total. The number of nitrogens with zero attached hydrogens (tertiary/aromatic N) is 4. The highest BCUT2D eigenvalue weighted by Gasteiger charge is 2.31. The van der Waals surface area contributed by atoms with E-state index < -0.39 is 42.6 Å². The van der Waals surface area contributed by atoms with Crippen LogP contribution in [0.1, 0.15) is 48.3 Å². The number of rotatable bonds is 13. The first kappa shape index (κ1) is 32.8. The molecule has 1 atom stereocenters. The number of piperazine rings is 1. The van der Waals surface area contributed by atoms with Crippen molar-refractivity contribution < 1.29 is 48.1 Å². The minimum absolute atomic E-state index is 0.0920. The summed E-state index contributed by atoms with van der Waals surface area (Å²) in [4.78, 5) is 68.1. The first-order valence-electron chi connectivity index (χ1n) is 13.9. The Bertz CT molecular complexity index is 1300. The van der Waals surface area contributed by atoms with Crippen molar-refractivity contribution in [3.63, 3.8) is 0 Å². The van der Waals surface area contributed by atoms with Crippen LogP contribution in [0.4, 0.5) is 4.79 Å². The zero-order valence-corrected chi connectivity index (χ0v) is 24.7. The fourth-order valence-corrected chi connectivity index (χ4v) is 4.40. The van der Waals surface area contributed by atoms with E-state index in [4.69, 9.17) is 19.0 Å². The molecule has 2 heterocycles. The fraction of sp³-hybridized carbons (Fsp3) is 0.500. The standard InChI is InChI=1S/C28H37N5O10/c1-5-40-25(36)17-42-23-16-22(30-33(23)20-14-18(3)13-19(4)15-20)26(37)29-21(7-8-24(34)35)27(38)31-9-11-32(12-10-31)43-28(39)41-6-2/h13-16,21H,5-12,17H2,1-4H3,(H,29,37)(H,34,35)/t21-/m0/s1. The summed E-state index contributed by atoms with van der Waals surface area (Å²) in [6.45, 7) is 7.76. The third kappa shape index (κ3) is 9.70. The van der Waals surface area contributed by atoms with Gasteiger partial charge in [0.05, 0.1) is 32.0 Å². The van der Waals surface area contributed by atoms with Gasteiger partial charge in [0.15, 0.2) is 12.3 Å². The van der Waals surface area contributed by atoms with Crippen LogP contribution in [-0.2, 0) is 28.7 Å². The highest BCUT2D eigenvalue weighted by atomic mass is 16.8. The van der Waals surface area contributed by atoms with Crippen LogP contribution in [0.5, 0.6) is 5.88 Å². The Balaban J connectivity index is 1.79. The fourth-order valence-electron chi connectivity index (χ4n) is 4.40. The van der Waals surface area contributed by atoms with E-state index in [2.05, 4.69) is 10.4 Å². The number of aliphatic carboxylic acids is 1. The van der Waals surface area contributed by atoms with Gasteiger partial charge in [-0.05, 0) is 57.4 Å². The van der Waals surface area contributed by atoms with Gasteiger partial charge in [0.2, 0.25) is 11.8 Å². The van der Waals surface area contributed by atoms with Crippen LogP contribution in [0.25, 0.3) is 5.69 Å². The van der Waals surface area contributed by atoms with E-state index in [0.29, 0.717) is 5.69 Å². The number of hydroxylamine groups is 2. The molecular formula is C28H37N5O10. The monoisotopic (exact) mass is 603 g/mol. The third-order valence-electron chi connectivity index (χ3n) is 6.27. The summed E-state index contributed by atoms with van der Waals surface area (Å²) in [5, 5.41) is 17.6. The average Bonchev–Trinajstić information content (AvgIpc) is 3.38. The molecular weight excluding hydrogens is 566 g/mol. The van der Waals surface area contributed by atoms with E-state index in [1.165, 1.54) is 20.7 Å². The van der Waals surface area contributed by atoms with Crippen LogP contribution in [0.3, 0.4) is 0 Å². The average molecular weight is 604 g/mol. The predicted octanol–water partition coefficient (Wildman–Crippen LogP) is 1.63. The number of aromatic nitrogens is 2. The Hall–Kier alpha value is -4.66. The van der Waals surface area contributed by atoms with Crippen molar-refractivity contribution in [1.29, 1.82) is 0 Å². The lowest BCUT2D eigenvalue weighted by atomic mass is 10.1. The van der Waals surface area contributed by atoms with Gasteiger partial charge in [-0.15, -0.1) is 5.06 Å². The summed E-state index contributed by atoms with van der Waals surface area (Å²) in [5.41, 5.74) is 2.33. The van der Waals surface area contributed by atoms with Gasteiger partial charge in [-0.25, -0.2) is 14.3 Å². The number of amides is 2. The topological polar surface area (TPSA) is 179 Å². The maximum absolute atomic E-state index is 13.4. The lowest BCUT2D eigenvalue weighted by Gasteiger charge is -2.35. The molecule has 1 aliphatic heterocycles. The van der Waals surface area contributed by atoms with E-state index in [1.54, 1.807) is 13.8 Å². The number of esters is 1. The first-order chi connectivity index (χ1) is 20.5. The van der Waals surface area contributed by atoms with Gasteiger partial charge >= 0.3 is 18.1 Å². The quantitative estimate of drug-likeness (QED) is 0.317. The van der Waals surface area contributed by atoms with Gasteiger partial charge in [-0.3, -0.25) is 14.4 Å². The minimum atomic E-state index is -1.17. The van der Waals surface area contributed by atoms with Crippen molar-refractivity contribution in [2.45, 2.75) is 46.6 Å². The summed E-state index contributed by atoms with van der Waals surface area (Å²) >= 11 is 0. The molecule has 0 unspecified atom stereocenters. The van der Waals surface area contributed by atoms with E-state index in [-0.39, 0.29) is 63.8 Å². The normalized spacial score (nSPS) is 14.0. The molecule has 15 nitrogen and oxygen atoms in total. The lowest BCUT2D eigenvalue weighted by molar-refractivity contribution is -0.157. The second-order valence-electron chi connectivity index (χ2n) is 9.71. The third-order valence-corrected chi connectivity index (χ3v) is 6.27. The van der Waals surface area contributed by atoms with Crippen LogP contribution >= 0.6 is 0 Å². The second-order valence-corrected chi connectivity index (χ2v) is 9.71. The highest BCUT2D eigenvalue weighted by Crippen LogP contribution is 2.22.